The quantitative estimate of drug-likeness (QED) is 0.275. The van der Waals surface area contributed by atoms with Gasteiger partial charge in [0.2, 0.25) is 5.78 Å². The predicted octanol–water partition coefficient (Wildman–Crippen LogP) is 3.78. The molecule has 2 aromatic carbocycles. The second-order valence-electron chi connectivity index (χ2n) is 6.94. The van der Waals surface area contributed by atoms with E-state index >= 15 is 0 Å². The molecule has 0 atom stereocenters. The molecule has 0 spiro atoms. The summed E-state index contributed by atoms with van der Waals surface area (Å²) in [7, 11) is 1.64. The second-order valence-corrected chi connectivity index (χ2v) is 8.00. The van der Waals surface area contributed by atoms with Crippen molar-refractivity contribution < 1.29 is 13.9 Å². The standard InChI is InChI=1S/C22H23FN4O3S/c1-29-13-4-12-26-20(28)18-6-2-3-7-19(18)27-21(26)24-25-22(27)31-15-5-14-30-17-10-8-16(23)9-11-17/h2-3,6-11H,4-5,12-15H2,1H3. The van der Waals surface area contributed by atoms with Crippen molar-refractivity contribution in [1.29, 1.82) is 0 Å². The summed E-state index contributed by atoms with van der Waals surface area (Å²) in [6.45, 7) is 1.59. The number of benzene rings is 2. The minimum atomic E-state index is -0.283. The molecular formula is C22H23FN4O3S. The van der Waals surface area contributed by atoms with Crippen molar-refractivity contribution in [1.82, 2.24) is 19.2 Å². The lowest BCUT2D eigenvalue weighted by Gasteiger charge is -2.11. The lowest BCUT2D eigenvalue weighted by molar-refractivity contribution is 0.190. The highest BCUT2D eigenvalue weighted by atomic mass is 32.2. The summed E-state index contributed by atoms with van der Waals surface area (Å²) in [5.41, 5.74) is 0.719. The Bertz CT molecular complexity index is 1220. The highest BCUT2D eigenvalue weighted by Gasteiger charge is 2.16. The van der Waals surface area contributed by atoms with Gasteiger partial charge in [-0.05, 0) is 49.2 Å². The van der Waals surface area contributed by atoms with Gasteiger partial charge in [-0.25, -0.2) is 4.39 Å². The van der Waals surface area contributed by atoms with Crippen molar-refractivity contribution in [3.63, 3.8) is 0 Å². The van der Waals surface area contributed by atoms with Crippen LogP contribution in [0.4, 0.5) is 4.39 Å². The molecule has 162 valence electrons. The van der Waals surface area contributed by atoms with Crippen LogP contribution in [-0.4, -0.2) is 45.2 Å². The summed E-state index contributed by atoms with van der Waals surface area (Å²) in [5.74, 6) is 1.66. The van der Waals surface area contributed by atoms with E-state index in [2.05, 4.69) is 10.2 Å². The molecule has 0 amide bonds. The van der Waals surface area contributed by atoms with Crippen molar-refractivity contribution in [2.24, 2.45) is 0 Å². The first-order valence-electron chi connectivity index (χ1n) is 10.1. The molecule has 4 rings (SSSR count). The number of aryl methyl sites for hydroxylation is 1. The van der Waals surface area contributed by atoms with Crippen LogP contribution in [0.15, 0.2) is 58.5 Å². The van der Waals surface area contributed by atoms with Crippen LogP contribution in [0.2, 0.25) is 0 Å². The molecule has 2 heterocycles. The average Bonchev–Trinajstić information content (AvgIpc) is 3.21. The van der Waals surface area contributed by atoms with Crippen LogP contribution in [0.3, 0.4) is 0 Å². The first-order chi connectivity index (χ1) is 15.2. The summed E-state index contributed by atoms with van der Waals surface area (Å²) in [6.07, 6.45) is 1.49. The molecule has 0 saturated carbocycles. The third kappa shape index (κ3) is 4.72. The Hall–Kier alpha value is -2.91. The molecule has 0 fully saturated rings. The molecule has 0 N–H and O–H groups in total. The predicted molar refractivity (Wildman–Crippen MR) is 118 cm³/mol. The fraction of sp³-hybridized carbons (Fsp3) is 0.318. The maximum absolute atomic E-state index is 13.0. The van der Waals surface area contributed by atoms with Gasteiger partial charge in [0.05, 0.1) is 17.5 Å². The second kappa shape index (κ2) is 9.93. The molecule has 31 heavy (non-hydrogen) atoms. The van der Waals surface area contributed by atoms with Gasteiger partial charge in [-0.1, -0.05) is 23.9 Å². The van der Waals surface area contributed by atoms with Crippen LogP contribution in [-0.2, 0) is 11.3 Å². The van der Waals surface area contributed by atoms with Crippen molar-refractivity contribution in [3.05, 3.63) is 64.7 Å². The highest BCUT2D eigenvalue weighted by Crippen LogP contribution is 2.22. The van der Waals surface area contributed by atoms with Gasteiger partial charge in [-0.2, -0.15) is 0 Å². The Morgan fingerprint density at radius 1 is 1.03 bits per heavy atom. The lowest BCUT2D eigenvalue weighted by atomic mass is 10.2. The number of aromatic nitrogens is 4. The van der Waals surface area contributed by atoms with E-state index < -0.39 is 0 Å². The van der Waals surface area contributed by atoms with Gasteiger partial charge in [-0.15, -0.1) is 10.2 Å². The number of thioether (sulfide) groups is 1. The Balaban J connectivity index is 1.51. The van der Waals surface area contributed by atoms with Crippen molar-refractivity contribution >= 4 is 28.4 Å². The molecule has 0 unspecified atom stereocenters. The molecule has 0 saturated heterocycles. The third-order valence-corrected chi connectivity index (χ3v) is 5.83. The topological polar surface area (TPSA) is 70.7 Å². The molecule has 2 aromatic heterocycles. The zero-order valence-corrected chi connectivity index (χ0v) is 18.0. The van der Waals surface area contributed by atoms with E-state index in [1.165, 1.54) is 12.1 Å². The molecule has 7 nitrogen and oxygen atoms in total. The Kier molecular flexibility index (Phi) is 6.83. The Morgan fingerprint density at radius 3 is 2.65 bits per heavy atom. The van der Waals surface area contributed by atoms with Crippen LogP contribution in [0, 0.1) is 5.82 Å². The van der Waals surface area contributed by atoms with Gasteiger partial charge in [0, 0.05) is 26.0 Å². The number of hydrogen-bond donors (Lipinski definition) is 0. The van der Waals surface area contributed by atoms with E-state index in [1.807, 2.05) is 28.7 Å². The summed E-state index contributed by atoms with van der Waals surface area (Å²) in [4.78, 5) is 13.0. The van der Waals surface area contributed by atoms with Gasteiger partial charge in [0.15, 0.2) is 5.16 Å². The number of rotatable bonds is 10. The molecule has 0 radical (unpaired) electrons. The summed E-state index contributed by atoms with van der Waals surface area (Å²) in [5, 5.41) is 10.0. The number of fused-ring (bicyclic) bond motifs is 3. The summed E-state index contributed by atoms with van der Waals surface area (Å²) < 4.78 is 27.3. The maximum Gasteiger partial charge on any atom is 0.262 e. The van der Waals surface area contributed by atoms with Crippen molar-refractivity contribution in [2.75, 3.05) is 26.1 Å². The zero-order chi connectivity index (χ0) is 21.6. The van der Waals surface area contributed by atoms with E-state index in [9.17, 15) is 9.18 Å². The van der Waals surface area contributed by atoms with Crippen LogP contribution < -0.4 is 10.3 Å². The normalized spacial score (nSPS) is 11.4. The van der Waals surface area contributed by atoms with E-state index in [4.69, 9.17) is 9.47 Å². The zero-order valence-electron chi connectivity index (χ0n) is 17.2. The largest absolute Gasteiger partial charge is 0.494 e. The van der Waals surface area contributed by atoms with E-state index in [1.54, 1.807) is 35.6 Å². The summed E-state index contributed by atoms with van der Waals surface area (Å²) >= 11 is 1.56. The van der Waals surface area contributed by atoms with Gasteiger partial charge in [0.25, 0.3) is 5.56 Å². The molecule has 9 heteroatoms. The fourth-order valence-corrected chi connectivity index (χ4v) is 4.19. The molecular weight excluding hydrogens is 419 g/mol. The molecule has 0 aliphatic carbocycles. The van der Waals surface area contributed by atoms with Crippen LogP contribution in [0.1, 0.15) is 12.8 Å². The van der Waals surface area contributed by atoms with E-state index in [0.29, 0.717) is 43.1 Å². The molecule has 0 aliphatic rings. The first kappa shape index (κ1) is 21.3. The average molecular weight is 443 g/mol. The minimum absolute atomic E-state index is 0.0733. The first-order valence-corrected chi connectivity index (χ1v) is 11.0. The lowest BCUT2D eigenvalue weighted by Crippen LogP contribution is -2.24. The SMILES string of the molecule is COCCCn1c(=O)c2ccccc2n2c(SCCCOc3ccc(F)cc3)nnc12. The van der Waals surface area contributed by atoms with E-state index in [-0.39, 0.29) is 11.4 Å². The van der Waals surface area contributed by atoms with E-state index in [0.717, 1.165) is 22.8 Å². The third-order valence-electron chi connectivity index (χ3n) is 4.81. The number of nitrogens with zero attached hydrogens (tertiary/aromatic N) is 4. The number of hydrogen-bond acceptors (Lipinski definition) is 6. The van der Waals surface area contributed by atoms with Crippen LogP contribution in [0.25, 0.3) is 16.7 Å². The van der Waals surface area contributed by atoms with Gasteiger partial charge >= 0.3 is 0 Å². The Labute approximate surface area is 182 Å². The number of ether oxygens (including phenoxy) is 2. The van der Waals surface area contributed by atoms with Gasteiger partial charge in [-0.3, -0.25) is 13.8 Å². The molecule has 0 aliphatic heterocycles. The van der Waals surface area contributed by atoms with Gasteiger partial charge < -0.3 is 9.47 Å². The monoisotopic (exact) mass is 442 g/mol. The van der Waals surface area contributed by atoms with Crippen LogP contribution in [0.5, 0.6) is 5.75 Å². The van der Waals surface area contributed by atoms with Gasteiger partial charge in [0.1, 0.15) is 11.6 Å². The number of para-hydroxylation sites is 1. The van der Waals surface area contributed by atoms with Crippen LogP contribution >= 0.6 is 11.8 Å². The fourth-order valence-electron chi connectivity index (χ4n) is 3.34. The minimum Gasteiger partial charge on any atom is -0.494 e. The number of halogens is 1. The molecule has 0 bridgehead atoms. The number of methoxy groups -OCH3 is 1. The molecule has 4 aromatic rings. The van der Waals surface area contributed by atoms with Crippen molar-refractivity contribution in [3.8, 4) is 5.75 Å². The Morgan fingerprint density at radius 2 is 1.84 bits per heavy atom. The summed E-state index contributed by atoms with van der Waals surface area (Å²) in [6, 6.07) is 13.5. The highest BCUT2D eigenvalue weighted by molar-refractivity contribution is 7.99. The smallest absolute Gasteiger partial charge is 0.262 e. The van der Waals surface area contributed by atoms with Crippen molar-refractivity contribution in [2.45, 2.75) is 24.5 Å². The maximum atomic E-state index is 13.0.